The van der Waals surface area contributed by atoms with Crippen molar-refractivity contribution < 1.29 is 9.53 Å². The molecule has 0 saturated carbocycles. The van der Waals surface area contributed by atoms with Crippen LogP contribution < -0.4 is 4.74 Å². The number of benzene rings is 1. The third-order valence-electron chi connectivity index (χ3n) is 3.07. The molecule has 0 fully saturated rings. The highest BCUT2D eigenvalue weighted by Crippen LogP contribution is 2.27. The van der Waals surface area contributed by atoms with E-state index in [9.17, 15) is 4.79 Å². The zero-order valence-corrected chi connectivity index (χ0v) is 13.1. The van der Waals surface area contributed by atoms with Crippen molar-refractivity contribution in [1.82, 2.24) is 0 Å². The topological polar surface area (TPSA) is 26.3 Å². The molecule has 20 heavy (non-hydrogen) atoms. The van der Waals surface area contributed by atoms with E-state index in [0.717, 1.165) is 36.0 Å². The van der Waals surface area contributed by atoms with Crippen molar-refractivity contribution in [3.05, 3.63) is 52.1 Å². The predicted octanol–water partition coefficient (Wildman–Crippen LogP) is 4.53. The molecule has 0 unspecified atom stereocenters. The van der Waals surface area contributed by atoms with Crippen molar-refractivity contribution in [2.45, 2.75) is 40.5 Å². The molecule has 0 aliphatic heterocycles. The summed E-state index contributed by atoms with van der Waals surface area (Å²) < 4.78 is 5.57. The van der Waals surface area contributed by atoms with Gasteiger partial charge in [-0.05, 0) is 63.8 Å². The molecule has 0 radical (unpaired) electrons. The highest BCUT2D eigenvalue weighted by atomic mass is 16.5. The van der Waals surface area contributed by atoms with Crippen molar-refractivity contribution in [2.75, 3.05) is 7.11 Å². The Hall–Kier alpha value is -1.83. The van der Waals surface area contributed by atoms with Gasteiger partial charge in [0.05, 0.1) is 7.11 Å². The van der Waals surface area contributed by atoms with E-state index < -0.39 is 0 Å². The summed E-state index contributed by atoms with van der Waals surface area (Å²) in [4.78, 5) is 11.1. The van der Waals surface area contributed by atoms with Crippen LogP contribution in [-0.4, -0.2) is 13.4 Å². The van der Waals surface area contributed by atoms with Crippen molar-refractivity contribution in [3.8, 4) is 5.75 Å². The second-order valence-electron chi connectivity index (χ2n) is 5.46. The van der Waals surface area contributed by atoms with E-state index in [-0.39, 0.29) is 0 Å². The largest absolute Gasteiger partial charge is 0.496 e. The van der Waals surface area contributed by atoms with Crippen LogP contribution in [-0.2, 0) is 12.8 Å². The first-order valence-electron chi connectivity index (χ1n) is 6.89. The minimum atomic E-state index is 0.708. The van der Waals surface area contributed by atoms with Crippen LogP contribution in [0.1, 0.15) is 49.2 Å². The van der Waals surface area contributed by atoms with Gasteiger partial charge in [0, 0.05) is 5.56 Å². The van der Waals surface area contributed by atoms with Crippen LogP contribution in [0.3, 0.4) is 0 Å². The van der Waals surface area contributed by atoms with Crippen LogP contribution in [0.25, 0.3) is 0 Å². The van der Waals surface area contributed by atoms with Crippen molar-refractivity contribution in [1.29, 1.82) is 0 Å². The SMILES string of the molecule is COc1c(CC=C(C)C)cc(C=O)cc1CC=C(C)C. The average molecular weight is 272 g/mol. The quantitative estimate of drug-likeness (QED) is 0.562. The van der Waals surface area contributed by atoms with Gasteiger partial charge in [0.15, 0.2) is 0 Å². The van der Waals surface area contributed by atoms with Crippen LogP contribution in [0.5, 0.6) is 5.75 Å². The fourth-order valence-corrected chi connectivity index (χ4v) is 2.04. The van der Waals surface area contributed by atoms with E-state index in [0.29, 0.717) is 5.56 Å². The number of rotatable bonds is 6. The first-order valence-corrected chi connectivity index (χ1v) is 6.89. The molecular weight excluding hydrogens is 248 g/mol. The fraction of sp³-hybridized carbons (Fsp3) is 0.389. The standard InChI is InChI=1S/C18H24O2/c1-13(2)6-8-16-10-15(12-19)11-17(18(16)20-5)9-7-14(3)4/h6-7,10-12H,8-9H2,1-5H3. The number of hydrogen-bond donors (Lipinski definition) is 0. The minimum Gasteiger partial charge on any atom is -0.496 e. The molecule has 0 aliphatic rings. The molecule has 0 spiro atoms. The highest BCUT2D eigenvalue weighted by Gasteiger charge is 2.10. The first kappa shape index (κ1) is 16.2. The Morgan fingerprint density at radius 1 is 1.00 bits per heavy atom. The van der Waals surface area contributed by atoms with Gasteiger partial charge in [-0.3, -0.25) is 4.79 Å². The summed E-state index contributed by atoms with van der Waals surface area (Å²) in [6, 6.07) is 3.83. The summed E-state index contributed by atoms with van der Waals surface area (Å²) in [6.45, 7) is 8.28. The van der Waals surface area contributed by atoms with E-state index >= 15 is 0 Å². The Balaban J connectivity index is 3.26. The van der Waals surface area contributed by atoms with Gasteiger partial charge in [0.25, 0.3) is 0 Å². The van der Waals surface area contributed by atoms with Crippen LogP contribution in [0.2, 0.25) is 0 Å². The summed E-state index contributed by atoms with van der Waals surface area (Å²) in [5, 5.41) is 0. The lowest BCUT2D eigenvalue weighted by Gasteiger charge is -2.13. The summed E-state index contributed by atoms with van der Waals surface area (Å²) >= 11 is 0. The maximum Gasteiger partial charge on any atom is 0.150 e. The zero-order valence-electron chi connectivity index (χ0n) is 13.1. The number of methoxy groups -OCH3 is 1. The maximum absolute atomic E-state index is 11.1. The molecule has 0 aliphatic carbocycles. The molecule has 0 saturated heterocycles. The van der Waals surface area contributed by atoms with Crippen LogP contribution in [0.15, 0.2) is 35.4 Å². The summed E-state index contributed by atoms with van der Waals surface area (Å²) in [5.41, 5.74) is 5.36. The van der Waals surface area contributed by atoms with Gasteiger partial charge < -0.3 is 4.74 Å². The summed E-state index contributed by atoms with van der Waals surface area (Å²) in [6.07, 6.45) is 6.77. The Kier molecular flexibility index (Phi) is 6.23. The molecule has 0 bridgehead atoms. The van der Waals surface area contributed by atoms with E-state index in [2.05, 4.69) is 39.8 Å². The lowest BCUT2D eigenvalue weighted by Crippen LogP contribution is -1.99. The average Bonchev–Trinajstić information content (AvgIpc) is 2.41. The highest BCUT2D eigenvalue weighted by molar-refractivity contribution is 5.76. The number of carbonyl (C=O) groups is 1. The van der Waals surface area contributed by atoms with Crippen molar-refractivity contribution >= 4 is 6.29 Å². The smallest absolute Gasteiger partial charge is 0.150 e. The lowest BCUT2D eigenvalue weighted by molar-refractivity contribution is 0.112. The van der Waals surface area contributed by atoms with Gasteiger partial charge in [-0.15, -0.1) is 0 Å². The molecule has 0 aromatic heterocycles. The van der Waals surface area contributed by atoms with Crippen molar-refractivity contribution in [2.24, 2.45) is 0 Å². The number of ether oxygens (including phenoxy) is 1. The lowest BCUT2D eigenvalue weighted by atomic mass is 9.98. The van der Waals surface area contributed by atoms with E-state index in [4.69, 9.17) is 4.74 Å². The van der Waals surface area contributed by atoms with Crippen LogP contribution >= 0.6 is 0 Å². The minimum absolute atomic E-state index is 0.708. The van der Waals surface area contributed by atoms with Gasteiger partial charge in [-0.1, -0.05) is 23.3 Å². The van der Waals surface area contributed by atoms with Gasteiger partial charge >= 0.3 is 0 Å². The molecule has 0 heterocycles. The maximum atomic E-state index is 11.1. The number of hydrogen-bond acceptors (Lipinski definition) is 2. The monoisotopic (exact) mass is 272 g/mol. The van der Waals surface area contributed by atoms with Gasteiger partial charge in [-0.2, -0.15) is 0 Å². The second kappa shape index (κ2) is 7.68. The molecule has 1 rings (SSSR count). The van der Waals surface area contributed by atoms with E-state index in [1.807, 2.05) is 12.1 Å². The molecule has 108 valence electrons. The van der Waals surface area contributed by atoms with Crippen LogP contribution in [0, 0.1) is 0 Å². The van der Waals surface area contributed by atoms with Crippen LogP contribution in [0.4, 0.5) is 0 Å². The molecule has 2 nitrogen and oxygen atoms in total. The fourth-order valence-electron chi connectivity index (χ4n) is 2.04. The molecule has 1 aromatic carbocycles. The van der Waals surface area contributed by atoms with Gasteiger partial charge in [-0.25, -0.2) is 0 Å². The number of carbonyl (C=O) groups excluding carboxylic acids is 1. The molecular formula is C18H24O2. The molecule has 0 amide bonds. The normalized spacial score (nSPS) is 9.85. The van der Waals surface area contributed by atoms with Crippen molar-refractivity contribution in [3.63, 3.8) is 0 Å². The van der Waals surface area contributed by atoms with Gasteiger partial charge in [0.2, 0.25) is 0 Å². The Morgan fingerprint density at radius 3 is 1.75 bits per heavy atom. The summed E-state index contributed by atoms with van der Waals surface area (Å²) in [5.74, 6) is 0.894. The van der Waals surface area contributed by atoms with E-state index in [1.54, 1.807) is 7.11 Å². The molecule has 0 atom stereocenters. The zero-order chi connectivity index (χ0) is 15.1. The van der Waals surface area contributed by atoms with E-state index in [1.165, 1.54) is 11.1 Å². The summed E-state index contributed by atoms with van der Waals surface area (Å²) in [7, 11) is 1.69. The Labute approximate surface area is 122 Å². The predicted molar refractivity (Wildman–Crippen MR) is 84.7 cm³/mol. The molecule has 1 aromatic rings. The number of aldehydes is 1. The first-order chi connectivity index (χ1) is 9.47. The molecule has 0 N–H and O–H groups in total. The molecule has 2 heteroatoms. The second-order valence-corrected chi connectivity index (χ2v) is 5.46. The van der Waals surface area contributed by atoms with Gasteiger partial charge in [0.1, 0.15) is 12.0 Å². The Bertz CT molecular complexity index is 487. The Morgan fingerprint density at radius 2 is 1.45 bits per heavy atom. The third kappa shape index (κ3) is 4.69. The number of allylic oxidation sites excluding steroid dienone is 4. The third-order valence-corrected chi connectivity index (χ3v) is 3.07.